The second kappa shape index (κ2) is 6.07. The maximum atomic E-state index is 13.1. The number of likely N-dealkylation sites (N-methyl/N-ethyl adjacent to an activating group) is 1. The minimum absolute atomic E-state index is 0.301. The van der Waals surface area contributed by atoms with Crippen LogP contribution in [0.5, 0.6) is 5.75 Å². The zero-order valence-corrected chi connectivity index (χ0v) is 10.1. The molecule has 0 aliphatic carbocycles. The van der Waals surface area contributed by atoms with E-state index in [1.165, 1.54) is 12.1 Å². The van der Waals surface area contributed by atoms with E-state index in [1.54, 1.807) is 24.5 Å². The predicted molar refractivity (Wildman–Crippen MR) is 66.8 cm³/mol. The molecule has 1 aromatic heterocycles. The molecule has 1 heterocycles. The number of hydrogen-bond donors (Lipinski definition) is 1. The molecule has 0 saturated heterocycles. The van der Waals surface area contributed by atoms with Crippen molar-refractivity contribution < 1.29 is 9.13 Å². The first-order chi connectivity index (χ1) is 8.79. The van der Waals surface area contributed by atoms with Crippen LogP contribution in [0.15, 0.2) is 36.7 Å². The average molecular weight is 247 g/mol. The van der Waals surface area contributed by atoms with Crippen molar-refractivity contribution in [2.75, 3.05) is 20.2 Å². The average Bonchev–Trinajstić information content (AvgIpc) is 2.40. The third-order valence-electron chi connectivity index (χ3n) is 2.33. The van der Waals surface area contributed by atoms with Crippen molar-refractivity contribution in [3.63, 3.8) is 0 Å². The van der Waals surface area contributed by atoms with Crippen LogP contribution in [0.3, 0.4) is 0 Å². The first kappa shape index (κ1) is 12.4. The number of halogens is 1. The molecule has 0 bridgehead atoms. The lowest BCUT2D eigenvalue weighted by molar-refractivity contribution is 0.316. The monoisotopic (exact) mass is 247 g/mol. The van der Waals surface area contributed by atoms with Crippen molar-refractivity contribution in [2.45, 2.75) is 0 Å². The molecule has 0 aliphatic heterocycles. The van der Waals surface area contributed by atoms with Gasteiger partial charge >= 0.3 is 0 Å². The van der Waals surface area contributed by atoms with Crippen LogP contribution in [-0.2, 0) is 0 Å². The Balaban J connectivity index is 2.07. The Kier molecular flexibility index (Phi) is 4.20. The van der Waals surface area contributed by atoms with Gasteiger partial charge in [-0.2, -0.15) is 0 Å². The van der Waals surface area contributed by atoms with Crippen LogP contribution >= 0.6 is 0 Å². The Morgan fingerprint density at radius 3 is 2.72 bits per heavy atom. The third kappa shape index (κ3) is 3.24. The minimum Gasteiger partial charge on any atom is -0.489 e. The first-order valence-electron chi connectivity index (χ1n) is 5.65. The van der Waals surface area contributed by atoms with Crippen molar-refractivity contribution in [1.82, 2.24) is 15.3 Å². The molecule has 94 valence electrons. The van der Waals surface area contributed by atoms with Gasteiger partial charge in [0.2, 0.25) is 0 Å². The number of aromatic nitrogens is 2. The van der Waals surface area contributed by atoms with Crippen molar-refractivity contribution in [3.05, 3.63) is 42.5 Å². The zero-order chi connectivity index (χ0) is 12.8. The largest absolute Gasteiger partial charge is 0.489 e. The lowest BCUT2D eigenvalue weighted by Gasteiger charge is -2.05. The van der Waals surface area contributed by atoms with Crippen LogP contribution in [0.25, 0.3) is 11.4 Å². The summed E-state index contributed by atoms with van der Waals surface area (Å²) in [4.78, 5) is 8.29. The van der Waals surface area contributed by atoms with Crippen molar-refractivity contribution in [2.24, 2.45) is 0 Å². The highest BCUT2D eigenvalue weighted by molar-refractivity contribution is 5.54. The highest BCUT2D eigenvalue weighted by atomic mass is 19.1. The predicted octanol–water partition coefficient (Wildman–Crippen LogP) is 1.88. The summed E-state index contributed by atoms with van der Waals surface area (Å²) in [5, 5.41) is 2.97. The van der Waals surface area contributed by atoms with Gasteiger partial charge in [-0.15, -0.1) is 0 Å². The lowest BCUT2D eigenvalue weighted by atomic mass is 10.2. The van der Waals surface area contributed by atoms with Gasteiger partial charge in [-0.3, -0.25) is 0 Å². The van der Waals surface area contributed by atoms with Gasteiger partial charge in [-0.1, -0.05) is 12.1 Å². The standard InChI is InChI=1S/C13H14FN3O/c1-15-5-6-18-12-8-16-13(17-9-12)10-3-2-4-11(14)7-10/h2-4,7-9,15H,5-6H2,1H3. The van der Waals surface area contributed by atoms with Gasteiger partial charge in [0.25, 0.3) is 0 Å². The van der Waals surface area contributed by atoms with Crippen LogP contribution in [0.1, 0.15) is 0 Å². The Morgan fingerprint density at radius 2 is 2.06 bits per heavy atom. The van der Waals surface area contributed by atoms with Gasteiger partial charge in [0.1, 0.15) is 12.4 Å². The van der Waals surface area contributed by atoms with E-state index in [-0.39, 0.29) is 5.82 Å². The molecule has 0 atom stereocenters. The zero-order valence-electron chi connectivity index (χ0n) is 10.1. The fourth-order valence-electron chi connectivity index (χ4n) is 1.44. The molecule has 0 aliphatic rings. The number of rotatable bonds is 5. The summed E-state index contributed by atoms with van der Waals surface area (Å²) >= 11 is 0. The summed E-state index contributed by atoms with van der Waals surface area (Å²) in [6.07, 6.45) is 3.17. The molecule has 0 fully saturated rings. The second-order valence-corrected chi connectivity index (χ2v) is 3.70. The van der Waals surface area contributed by atoms with Gasteiger partial charge in [0.05, 0.1) is 12.4 Å². The van der Waals surface area contributed by atoms with E-state index in [1.807, 2.05) is 7.05 Å². The smallest absolute Gasteiger partial charge is 0.159 e. The summed E-state index contributed by atoms with van der Waals surface area (Å²) in [5.41, 5.74) is 0.650. The minimum atomic E-state index is -0.301. The van der Waals surface area contributed by atoms with E-state index in [0.717, 1.165) is 6.54 Å². The Labute approximate surface area is 105 Å². The summed E-state index contributed by atoms with van der Waals surface area (Å²) in [6, 6.07) is 6.18. The maximum absolute atomic E-state index is 13.1. The second-order valence-electron chi connectivity index (χ2n) is 3.70. The normalized spacial score (nSPS) is 10.3. The summed E-state index contributed by atoms with van der Waals surface area (Å²) in [7, 11) is 1.85. The number of nitrogens with one attached hydrogen (secondary N) is 1. The van der Waals surface area contributed by atoms with Crippen molar-refractivity contribution >= 4 is 0 Å². The Morgan fingerprint density at radius 1 is 1.28 bits per heavy atom. The van der Waals surface area contributed by atoms with Crippen molar-refractivity contribution in [1.29, 1.82) is 0 Å². The van der Waals surface area contributed by atoms with E-state index < -0.39 is 0 Å². The molecule has 0 saturated carbocycles. The SMILES string of the molecule is CNCCOc1cnc(-c2cccc(F)c2)nc1. The molecular weight excluding hydrogens is 233 g/mol. The molecule has 0 spiro atoms. The summed E-state index contributed by atoms with van der Waals surface area (Å²) < 4.78 is 18.4. The van der Waals surface area contributed by atoms with Crippen LogP contribution < -0.4 is 10.1 Å². The molecule has 0 unspecified atom stereocenters. The third-order valence-corrected chi connectivity index (χ3v) is 2.33. The van der Waals surface area contributed by atoms with Crippen LogP contribution in [0.4, 0.5) is 4.39 Å². The molecule has 4 nitrogen and oxygen atoms in total. The highest BCUT2D eigenvalue weighted by Crippen LogP contribution is 2.17. The lowest BCUT2D eigenvalue weighted by Crippen LogP contribution is -2.16. The van der Waals surface area contributed by atoms with Gasteiger partial charge in [-0.05, 0) is 19.2 Å². The van der Waals surface area contributed by atoms with Gasteiger partial charge < -0.3 is 10.1 Å². The molecule has 18 heavy (non-hydrogen) atoms. The van der Waals surface area contributed by atoms with E-state index in [2.05, 4.69) is 15.3 Å². The fourth-order valence-corrected chi connectivity index (χ4v) is 1.44. The number of benzene rings is 1. The number of hydrogen-bond acceptors (Lipinski definition) is 4. The van der Waals surface area contributed by atoms with E-state index in [4.69, 9.17) is 4.74 Å². The van der Waals surface area contributed by atoms with Crippen LogP contribution in [0, 0.1) is 5.82 Å². The molecule has 2 rings (SSSR count). The molecule has 0 radical (unpaired) electrons. The first-order valence-corrected chi connectivity index (χ1v) is 5.65. The number of nitrogens with zero attached hydrogens (tertiary/aromatic N) is 2. The van der Waals surface area contributed by atoms with Crippen LogP contribution in [0.2, 0.25) is 0 Å². The summed E-state index contributed by atoms with van der Waals surface area (Å²) in [6.45, 7) is 1.31. The van der Waals surface area contributed by atoms with Crippen LogP contribution in [-0.4, -0.2) is 30.2 Å². The highest BCUT2D eigenvalue weighted by Gasteiger charge is 2.02. The van der Waals surface area contributed by atoms with Gasteiger partial charge in [-0.25, -0.2) is 14.4 Å². The Hall–Kier alpha value is -2.01. The summed E-state index contributed by atoms with van der Waals surface area (Å²) in [5.74, 6) is 0.784. The Bertz CT molecular complexity index is 502. The molecule has 5 heteroatoms. The van der Waals surface area contributed by atoms with Gasteiger partial charge in [0, 0.05) is 12.1 Å². The molecule has 1 N–H and O–H groups in total. The topological polar surface area (TPSA) is 47.0 Å². The quantitative estimate of drug-likeness (QED) is 0.819. The van der Waals surface area contributed by atoms with E-state index in [9.17, 15) is 4.39 Å². The fraction of sp³-hybridized carbons (Fsp3) is 0.231. The van der Waals surface area contributed by atoms with E-state index in [0.29, 0.717) is 23.7 Å². The van der Waals surface area contributed by atoms with E-state index >= 15 is 0 Å². The molecule has 0 amide bonds. The van der Waals surface area contributed by atoms with Crippen molar-refractivity contribution in [3.8, 4) is 17.1 Å². The number of ether oxygens (including phenoxy) is 1. The van der Waals surface area contributed by atoms with Gasteiger partial charge in [0.15, 0.2) is 11.6 Å². The molecule has 1 aromatic carbocycles. The maximum Gasteiger partial charge on any atom is 0.159 e. The molecular formula is C13H14FN3O. The molecule has 2 aromatic rings.